The van der Waals surface area contributed by atoms with Crippen LogP contribution in [-0.2, 0) is 28.1 Å². The summed E-state index contributed by atoms with van der Waals surface area (Å²) in [6, 6.07) is 7.32. The molecule has 0 aliphatic carbocycles. The quantitative estimate of drug-likeness (QED) is 0.633. The lowest BCUT2D eigenvalue weighted by Gasteiger charge is -2.35. The Kier molecular flexibility index (Phi) is 9.67. The second kappa shape index (κ2) is 12.5. The van der Waals surface area contributed by atoms with E-state index in [9.17, 15) is 14.7 Å². The first kappa shape index (κ1) is 28.6. The third kappa shape index (κ3) is 8.00. The molecule has 10 heteroatoms. The van der Waals surface area contributed by atoms with Gasteiger partial charge in [-0.25, -0.2) is 4.79 Å². The molecule has 2 bridgehead atoms. The normalized spacial score (nSPS) is 20.4. The van der Waals surface area contributed by atoms with Crippen molar-refractivity contribution in [2.75, 3.05) is 32.1 Å². The van der Waals surface area contributed by atoms with Crippen LogP contribution in [0, 0.1) is 5.92 Å². The molecule has 1 aliphatic rings. The molecule has 0 radical (unpaired) electrons. The van der Waals surface area contributed by atoms with Crippen molar-refractivity contribution >= 4 is 17.6 Å². The maximum Gasteiger partial charge on any atom is 0.321 e. The summed E-state index contributed by atoms with van der Waals surface area (Å²) in [5.41, 5.74) is 2.65. The summed E-state index contributed by atoms with van der Waals surface area (Å²) in [6.45, 7) is 11.7. The molecule has 1 aromatic carbocycles. The number of nitrogens with one attached hydrogen (secondary N) is 1. The number of anilines is 1. The molecule has 0 spiro atoms. The van der Waals surface area contributed by atoms with Crippen molar-refractivity contribution in [1.82, 2.24) is 24.8 Å². The maximum atomic E-state index is 13.0. The van der Waals surface area contributed by atoms with Crippen LogP contribution in [0.4, 0.5) is 10.5 Å². The molecule has 1 aromatic heterocycles. The molecule has 0 saturated heterocycles. The number of aliphatic hydroxyl groups is 1. The van der Waals surface area contributed by atoms with Crippen LogP contribution in [0.25, 0.3) is 0 Å². The van der Waals surface area contributed by atoms with E-state index in [0.717, 1.165) is 5.69 Å². The molecular formula is C27H42N6O4. The fourth-order valence-electron chi connectivity index (χ4n) is 4.32. The zero-order valence-corrected chi connectivity index (χ0v) is 23.0. The van der Waals surface area contributed by atoms with Crippen LogP contribution >= 0.6 is 0 Å². The van der Waals surface area contributed by atoms with Crippen LogP contribution < -0.4 is 5.32 Å². The largest absolute Gasteiger partial charge is 0.394 e. The molecule has 37 heavy (non-hydrogen) atoms. The van der Waals surface area contributed by atoms with Crippen molar-refractivity contribution in [3.63, 3.8) is 0 Å². The number of aryl methyl sites for hydroxylation is 1. The van der Waals surface area contributed by atoms with Gasteiger partial charge in [0.25, 0.3) is 0 Å². The van der Waals surface area contributed by atoms with Gasteiger partial charge < -0.3 is 25.0 Å². The number of urea groups is 1. The van der Waals surface area contributed by atoms with Crippen molar-refractivity contribution in [3.8, 4) is 0 Å². The van der Waals surface area contributed by atoms with Gasteiger partial charge in [0.2, 0.25) is 5.91 Å². The molecular weight excluding hydrogens is 472 g/mol. The number of ether oxygens (including phenoxy) is 1. The van der Waals surface area contributed by atoms with Gasteiger partial charge in [0.1, 0.15) is 5.69 Å². The standard InChI is InChI=1S/C27H42N6O4/c1-19-14-33(20(2)17-34)25(35)8-7-13-32-15-23(29-30-32)18-37-24(19)16-31(6)26(36)28-22-11-9-21(10-12-22)27(3,4)5/h9-12,15,19-20,24,34H,7-8,13-14,16-18H2,1-6H3,(H,28,36)/t19-,20+,24+/m0/s1. The number of nitrogens with zero attached hydrogens (tertiary/aromatic N) is 5. The van der Waals surface area contributed by atoms with Crippen LogP contribution in [0.1, 0.15) is 58.7 Å². The highest BCUT2D eigenvalue weighted by Crippen LogP contribution is 2.24. The van der Waals surface area contributed by atoms with Crippen LogP contribution in [0.3, 0.4) is 0 Å². The van der Waals surface area contributed by atoms with E-state index in [0.29, 0.717) is 38.2 Å². The molecule has 0 fully saturated rings. The van der Waals surface area contributed by atoms with E-state index in [-0.39, 0.29) is 48.6 Å². The number of aliphatic hydroxyl groups excluding tert-OH is 1. The van der Waals surface area contributed by atoms with E-state index < -0.39 is 0 Å². The van der Waals surface area contributed by atoms with Gasteiger partial charge in [-0.1, -0.05) is 45.0 Å². The molecule has 2 N–H and O–H groups in total. The number of likely N-dealkylation sites (N-methyl/N-ethyl adjacent to an activating group) is 1. The number of carbonyl (C=O) groups is 2. The van der Waals surface area contributed by atoms with Crippen molar-refractivity contribution in [3.05, 3.63) is 41.7 Å². The predicted molar refractivity (Wildman–Crippen MR) is 142 cm³/mol. The fraction of sp³-hybridized carbons (Fsp3) is 0.630. The Bertz CT molecular complexity index is 1030. The van der Waals surface area contributed by atoms with Gasteiger partial charge in [0.15, 0.2) is 0 Å². The molecule has 2 heterocycles. The molecule has 0 unspecified atom stereocenters. The molecule has 3 atom stereocenters. The average Bonchev–Trinajstić information content (AvgIpc) is 3.31. The fourth-order valence-corrected chi connectivity index (χ4v) is 4.32. The Morgan fingerprint density at radius 2 is 2.00 bits per heavy atom. The lowest BCUT2D eigenvalue weighted by atomic mass is 9.87. The van der Waals surface area contributed by atoms with E-state index in [1.54, 1.807) is 21.5 Å². The number of carbonyl (C=O) groups excluding carboxylic acids is 2. The number of aromatic nitrogens is 3. The minimum Gasteiger partial charge on any atom is -0.394 e. The number of fused-ring (bicyclic) bond motifs is 2. The van der Waals surface area contributed by atoms with E-state index in [1.165, 1.54) is 5.56 Å². The van der Waals surface area contributed by atoms with Gasteiger partial charge in [0.05, 0.1) is 31.6 Å². The summed E-state index contributed by atoms with van der Waals surface area (Å²) in [5.74, 6) is -0.119. The first-order chi connectivity index (χ1) is 17.5. The number of hydrogen-bond acceptors (Lipinski definition) is 6. The van der Waals surface area contributed by atoms with Crippen LogP contribution in [0.15, 0.2) is 30.5 Å². The Morgan fingerprint density at radius 3 is 2.65 bits per heavy atom. The number of rotatable bonds is 5. The molecule has 10 nitrogen and oxygen atoms in total. The number of amides is 3. The predicted octanol–water partition coefficient (Wildman–Crippen LogP) is 3.26. The van der Waals surface area contributed by atoms with Gasteiger partial charge in [-0.2, -0.15) is 0 Å². The number of hydrogen-bond donors (Lipinski definition) is 2. The minimum absolute atomic E-state index is 0.0171. The van der Waals surface area contributed by atoms with E-state index >= 15 is 0 Å². The van der Waals surface area contributed by atoms with Gasteiger partial charge in [-0.15, -0.1) is 5.10 Å². The monoisotopic (exact) mass is 514 g/mol. The lowest BCUT2D eigenvalue weighted by Crippen LogP contribution is -2.48. The molecule has 2 aromatic rings. The SMILES string of the molecule is C[C@H](CO)N1C[C@H](C)[C@@H](CN(C)C(=O)Nc2ccc(C(C)(C)C)cc2)OCc2cn(nn2)CCCC1=O. The topological polar surface area (TPSA) is 113 Å². The highest BCUT2D eigenvalue weighted by molar-refractivity contribution is 5.89. The second-order valence-corrected chi connectivity index (χ2v) is 11.1. The Labute approximate surface area is 220 Å². The van der Waals surface area contributed by atoms with Crippen LogP contribution in [-0.4, -0.2) is 80.7 Å². The Morgan fingerprint density at radius 1 is 1.30 bits per heavy atom. The second-order valence-electron chi connectivity index (χ2n) is 11.1. The van der Waals surface area contributed by atoms with Gasteiger partial charge in [-0.05, 0) is 36.5 Å². The molecule has 3 amide bonds. The van der Waals surface area contributed by atoms with Gasteiger partial charge in [0, 0.05) is 44.7 Å². The van der Waals surface area contributed by atoms with Gasteiger partial charge >= 0.3 is 6.03 Å². The smallest absolute Gasteiger partial charge is 0.321 e. The zero-order valence-electron chi connectivity index (χ0n) is 23.0. The van der Waals surface area contributed by atoms with Crippen LogP contribution in [0.2, 0.25) is 0 Å². The summed E-state index contributed by atoms with van der Waals surface area (Å²) >= 11 is 0. The zero-order chi connectivity index (χ0) is 27.2. The summed E-state index contributed by atoms with van der Waals surface area (Å²) in [4.78, 5) is 29.3. The molecule has 1 aliphatic heterocycles. The maximum absolute atomic E-state index is 13.0. The Hall–Kier alpha value is -2.98. The van der Waals surface area contributed by atoms with Crippen molar-refractivity contribution in [2.45, 2.75) is 78.2 Å². The summed E-state index contributed by atoms with van der Waals surface area (Å²) < 4.78 is 7.96. The first-order valence-corrected chi connectivity index (χ1v) is 13.0. The van der Waals surface area contributed by atoms with Crippen molar-refractivity contribution in [2.24, 2.45) is 5.92 Å². The van der Waals surface area contributed by atoms with E-state index in [1.807, 2.05) is 44.3 Å². The van der Waals surface area contributed by atoms with E-state index in [4.69, 9.17) is 4.74 Å². The molecule has 204 valence electrons. The third-order valence-electron chi connectivity index (χ3n) is 6.85. The third-order valence-corrected chi connectivity index (χ3v) is 6.85. The van der Waals surface area contributed by atoms with Crippen molar-refractivity contribution in [1.29, 1.82) is 0 Å². The van der Waals surface area contributed by atoms with Crippen molar-refractivity contribution < 1.29 is 19.4 Å². The minimum atomic E-state index is -0.369. The highest BCUT2D eigenvalue weighted by Gasteiger charge is 2.29. The summed E-state index contributed by atoms with van der Waals surface area (Å²) in [5, 5.41) is 21.0. The van der Waals surface area contributed by atoms with Crippen LogP contribution in [0.5, 0.6) is 0 Å². The van der Waals surface area contributed by atoms with Gasteiger partial charge in [-0.3, -0.25) is 9.48 Å². The summed E-state index contributed by atoms with van der Waals surface area (Å²) in [7, 11) is 1.73. The first-order valence-electron chi connectivity index (χ1n) is 13.0. The molecule has 3 rings (SSSR count). The highest BCUT2D eigenvalue weighted by atomic mass is 16.5. The average molecular weight is 515 g/mol. The Balaban J connectivity index is 1.73. The number of benzene rings is 1. The summed E-state index contributed by atoms with van der Waals surface area (Å²) in [6.07, 6.45) is 2.45. The lowest BCUT2D eigenvalue weighted by molar-refractivity contribution is -0.136. The van der Waals surface area contributed by atoms with E-state index in [2.05, 4.69) is 36.4 Å². The molecule has 0 saturated carbocycles.